The zero-order valence-electron chi connectivity index (χ0n) is 20.5. The number of carbonyl (C=O) groups excluding carboxylic acids is 2. The summed E-state index contributed by atoms with van der Waals surface area (Å²) in [6, 6.07) is 6.06. The number of hydrogen-bond acceptors (Lipinski definition) is 8. The van der Waals surface area contributed by atoms with Gasteiger partial charge < -0.3 is 19.5 Å². The monoisotopic (exact) mass is 502 g/mol. The number of hydrogen-bond donors (Lipinski definition) is 1. The van der Waals surface area contributed by atoms with Gasteiger partial charge in [-0.05, 0) is 46.2 Å². The molecule has 0 radical (unpaired) electrons. The van der Waals surface area contributed by atoms with E-state index in [1.54, 1.807) is 21.0 Å². The fourth-order valence-corrected chi connectivity index (χ4v) is 5.13. The lowest BCUT2D eigenvalue weighted by atomic mass is 10.1. The summed E-state index contributed by atoms with van der Waals surface area (Å²) in [4.78, 5) is 31.0. The maximum absolute atomic E-state index is 12.5. The lowest BCUT2D eigenvalue weighted by Crippen LogP contribution is -2.21. The van der Waals surface area contributed by atoms with Gasteiger partial charge in [0.05, 0.1) is 11.4 Å². The number of thiazole rings is 1. The average Bonchev–Trinajstić information content (AvgIpc) is 3.36. The van der Waals surface area contributed by atoms with Crippen LogP contribution in [0.1, 0.15) is 52.3 Å². The first kappa shape index (κ1) is 25.7. The Hall–Kier alpha value is -2.92. The molecular weight excluding hydrogens is 472 g/mol. The average molecular weight is 503 g/mol. The molecular formula is C23H30N6O3S2. The van der Waals surface area contributed by atoms with E-state index in [4.69, 9.17) is 4.74 Å². The van der Waals surface area contributed by atoms with E-state index in [1.165, 1.54) is 33.6 Å². The molecule has 0 bridgehead atoms. The SMILES string of the molecule is CCn1c(SCC(=O)Nc2nc(C)c(C(=O)N(C)C)s2)nnc1C(C)Oc1ccc(C)cc1C. The fourth-order valence-electron chi connectivity index (χ4n) is 3.32. The second-order valence-electron chi connectivity index (χ2n) is 8.08. The zero-order chi connectivity index (χ0) is 25.0. The third-order valence-corrected chi connectivity index (χ3v) is 7.06. The molecule has 0 saturated heterocycles. The van der Waals surface area contributed by atoms with Gasteiger partial charge in [0, 0.05) is 20.6 Å². The third-order valence-electron chi connectivity index (χ3n) is 5.04. The Bertz CT molecular complexity index is 1190. The molecule has 11 heteroatoms. The quantitative estimate of drug-likeness (QED) is 0.436. The predicted molar refractivity (Wildman–Crippen MR) is 135 cm³/mol. The number of ether oxygens (including phenoxy) is 1. The largest absolute Gasteiger partial charge is 0.482 e. The van der Waals surface area contributed by atoms with Gasteiger partial charge >= 0.3 is 0 Å². The molecule has 182 valence electrons. The topological polar surface area (TPSA) is 102 Å². The molecule has 3 rings (SSSR count). The Morgan fingerprint density at radius 1 is 1.24 bits per heavy atom. The summed E-state index contributed by atoms with van der Waals surface area (Å²) >= 11 is 2.47. The number of amides is 2. The van der Waals surface area contributed by atoms with Crippen molar-refractivity contribution in [3.05, 3.63) is 45.7 Å². The van der Waals surface area contributed by atoms with Crippen LogP contribution in [0.25, 0.3) is 0 Å². The van der Waals surface area contributed by atoms with E-state index in [0.717, 1.165) is 11.3 Å². The molecule has 0 aliphatic heterocycles. The zero-order valence-corrected chi connectivity index (χ0v) is 22.1. The van der Waals surface area contributed by atoms with Crippen LogP contribution in [0.15, 0.2) is 23.4 Å². The molecule has 2 aromatic heterocycles. The second-order valence-corrected chi connectivity index (χ2v) is 10.0. The van der Waals surface area contributed by atoms with E-state index in [9.17, 15) is 9.59 Å². The van der Waals surface area contributed by atoms with Gasteiger partial charge in [-0.2, -0.15) is 0 Å². The normalized spacial score (nSPS) is 11.9. The van der Waals surface area contributed by atoms with Crippen molar-refractivity contribution in [1.29, 1.82) is 0 Å². The molecule has 0 aliphatic rings. The summed E-state index contributed by atoms with van der Waals surface area (Å²) < 4.78 is 8.10. The molecule has 1 aromatic carbocycles. The molecule has 1 N–H and O–H groups in total. The number of anilines is 1. The van der Waals surface area contributed by atoms with Crippen LogP contribution in [0.3, 0.4) is 0 Å². The minimum absolute atomic E-state index is 0.134. The van der Waals surface area contributed by atoms with Gasteiger partial charge in [-0.3, -0.25) is 9.59 Å². The van der Waals surface area contributed by atoms with Crippen LogP contribution in [-0.2, 0) is 11.3 Å². The van der Waals surface area contributed by atoms with Gasteiger partial charge in [-0.1, -0.05) is 40.8 Å². The standard InChI is InChI=1S/C23H30N6O3S2/c1-8-29-20(16(5)32-17-10-9-13(2)11-14(17)3)26-27-23(29)33-12-18(30)25-22-24-15(4)19(34-22)21(31)28(6)7/h9-11,16H,8,12H2,1-7H3,(H,24,25,30). The summed E-state index contributed by atoms with van der Waals surface area (Å²) in [5.74, 6) is 1.29. The maximum atomic E-state index is 12.5. The molecule has 2 heterocycles. The minimum Gasteiger partial charge on any atom is -0.482 e. The molecule has 0 spiro atoms. The van der Waals surface area contributed by atoms with E-state index in [2.05, 4.69) is 26.6 Å². The van der Waals surface area contributed by atoms with Crippen LogP contribution in [-0.4, -0.2) is 56.3 Å². The number of aromatic nitrogens is 4. The first-order valence-electron chi connectivity index (χ1n) is 10.9. The number of nitrogens with one attached hydrogen (secondary N) is 1. The maximum Gasteiger partial charge on any atom is 0.265 e. The smallest absolute Gasteiger partial charge is 0.265 e. The van der Waals surface area contributed by atoms with Crippen LogP contribution in [0.4, 0.5) is 5.13 Å². The molecule has 1 atom stereocenters. The van der Waals surface area contributed by atoms with Crippen LogP contribution in [0.5, 0.6) is 5.75 Å². The third kappa shape index (κ3) is 5.95. The number of nitrogens with zero attached hydrogens (tertiary/aromatic N) is 5. The van der Waals surface area contributed by atoms with Crippen LogP contribution >= 0.6 is 23.1 Å². The number of thioether (sulfide) groups is 1. The van der Waals surface area contributed by atoms with Crippen molar-refractivity contribution < 1.29 is 14.3 Å². The lowest BCUT2D eigenvalue weighted by Gasteiger charge is -2.17. The van der Waals surface area contributed by atoms with Gasteiger partial charge in [-0.15, -0.1) is 10.2 Å². The highest BCUT2D eigenvalue weighted by Crippen LogP contribution is 2.28. The van der Waals surface area contributed by atoms with Gasteiger partial charge in [0.2, 0.25) is 5.91 Å². The van der Waals surface area contributed by atoms with Crippen molar-refractivity contribution in [2.24, 2.45) is 0 Å². The summed E-state index contributed by atoms with van der Waals surface area (Å²) in [5.41, 5.74) is 2.84. The first-order chi connectivity index (χ1) is 16.1. The molecule has 0 aliphatic carbocycles. The van der Waals surface area contributed by atoms with Crippen molar-refractivity contribution in [3.8, 4) is 5.75 Å². The lowest BCUT2D eigenvalue weighted by molar-refractivity contribution is -0.113. The Balaban J connectivity index is 1.64. The van der Waals surface area contributed by atoms with E-state index in [1.807, 2.05) is 44.4 Å². The molecule has 2 amide bonds. The Morgan fingerprint density at radius 3 is 2.62 bits per heavy atom. The highest BCUT2D eigenvalue weighted by atomic mass is 32.2. The number of benzene rings is 1. The van der Waals surface area contributed by atoms with E-state index in [-0.39, 0.29) is 23.7 Å². The summed E-state index contributed by atoms with van der Waals surface area (Å²) in [7, 11) is 3.37. The molecule has 34 heavy (non-hydrogen) atoms. The molecule has 0 fully saturated rings. The Kier molecular flexibility index (Phi) is 8.32. The van der Waals surface area contributed by atoms with E-state index >= 15 is 0 Å². The van der Waals surface area contributed by atoms with Gasteiger partial charge in [0.15, 0.2) is 22.2 Å². The molecule has 3 aromatic rings. The van der Waals surface area contributed by atoms with Crippen molar-refractivity contribution in [3.63, 3.8) is 0 Å². The first-order valence-corrected chi connectivity index (χ1v) is 12.7. The van der Waals surface area contributed by atoms with Crippen LogP contribution in [0, 0.1) is 20.8 Å². The highest BCUT2D eigenvalue weighted by Gasteiger charge is 2.21. The van der Waals surface area contributed by atoms with Crippen LogP contribution in [0.2, 0.25) is 0 Å². The van der Waals surface area contributed by atoms with Gasteiger partial charge in [0.1, 0.15) is 10.6 Å². The Morgan fingerprint density at radius 2 is 1.97 bits per heavy atom. The van der Waals surface area contributed by atoms with Gasteiger partial charge in [0.25, 0.3) is 5.91 Å². The number of rotatable bonds is 9. The second kappa shape index (κ2) is 11.0. The van der Waals surface area contributed by atoms with Crippen molar-refractivity contribution in [1.82, 2.24) is 24.6 Å². The van der Waals surface area contributed by atoms with E-state index in [0.29, 0.717) is 33.2 Å². The molecule has 0 saturated carbocycles. The highest BCUT2D eigenvalue weighted by molar-refractivity contribution is 7.99. The fraction of sp³-hybridized carbons (Fsp3) is 0.435. The minimum atomic E-state index is -0.303. The van der Waals surface area contributed by atoms with E-state index < -0.39 is 0 Å². The van der Waals surface area contributed by atoms with Crippen LogP contribution < -0.4 is 10.1 Å². The number of carbonyl (C=O) groups is 2. The molecule has 9 nitrogen and oxygen atoms in total. The number of aryl methyl sites for hydroxylation is 3. The van der Waals surface area contributed by atoms with Crippen molar-refractivity contribution in [2.75, 3.05) is 25.2 Å². The van der Waals surface area contributed by atoms with Gasteiger partial charge in [-0.25, -0.2) is 4.98 Å². The molecule has 1 unspecified atom stereocenters. The summed E-state index contributed by atoms with van der Waals surface area (Å²) in [5, 5.41) is 12.4. The Labute approximate surface area is 207 Å². The van der Waals surface area contributed by atoms with Crippen molar-refractivity contribution >= 4 is 40.0 Å². The summed E-state index contributed by atoms with van der Waals surface area (Å²) in [6.07, 6.45) is -0.303. The predicted octanol–water partition coefficient (Wildman–Crippen LogP) is 4.25. The van der Waals surface area contributed by atoms with Crippen molar-refractivity contribution in [2.45, 2.75) is 52.4 Å². The summed E-state index contributed by atoms with van der Waals surface area (Å²) in [6.45, 7) is 10.4.